The maximum Gasteiger partial charge on any atom is 0.323 e. The summed E-state index contributed by atoms with van der Waals surface area (Å²) in [5, 5.41) is 12.3. The molecule has 0 rings (SSSR count). The van der Waals surface area contributed by atoms with Gasteiger partial charge in [-0.15, -0.1) is 0 Å². The highest BCUT2D eigenvalue weighted by Gasteiger charge is 2.31. The van der Waals surface area contributed by atoms with Crippen LogP contribution in [-0.4, -0.2) is 48.4 Å². The molecule has 102 valence electrons. The van der Waals surface area contributed by atoms with Crippen LogP contribution in [0.4, 0.5) is 0 Å². The number of nitrogens with one attached hydrogen (secondary N) is 1. The summed E-state index contributed by atoms with van der Waals surface area (Å²) in [6.07, 6.45) is 2.53. The van der Waals surface area contributed by atoms with Crippen LogP contribution < -0.4 is 5.32 Å². The SMILES string of the molecule is CCCNC(C)(CCCSCCOC)C(=O)O. The second-order valence-electron chi connectivity index (χ2n) is 4.27. The lowest BCUT2D eigenvalue weighted by molar-refractivity contribution is -0.144. The lowest BCUT2D eigenvalue weighted by Crippen LogP contribution is -2.49. The predicted molar refractivity (Wildman–Crippen MR) is 72.8 cm³/mol. The van der Waals surface area contributed by atoms with Crippen LogP contribution in [0.5, 0.6) is 0 Å². The van der Waals surface area contributed by atoms with E-state index in [9.17, 15) is 9.90 Å². The number of carboxylic acids is 1. The Kier molecular flexibility index (Phi) is 9.59. The van der Waals surface area contributed by atoms with Crippen molar-refractivity contribution in [2.45, 2.75) is 38.6 Å². The number of carboxylic acid groups (broad SMARTS) is 1. The third-order valence-electron chi connectivity index (χ3n) is 2.63. The molecule has 0 fully saturated rings. The Labute approximate surface area is 108 Å². The van der Waals surface area contributed by atoms with Crippen molar-refractivity contribution in [3.8, 4) is 0 Å². The fourth-order valence-corrected chi connectivity index (χ4v) is 2.28. The quantitative estimate of drug-likeness (QED) is 0.558. The van der Waals surface area contributed by atoms with Gasteiger partial charge in [-0.1, -0.05) is 6.92 Å². The molecule has 4 nitrogen and oxygen atoms in total. The summed E-state index contributed by atoms with van der Waals surface area (Å²) in [7, 11) is 1.69. The Morgan fingerprint density at radius 2 is 2.18 bits per heavy atom. The highest BCUT2D eigenvalue weighted by Crippen LogP contribution is 2.15. The number of methoxy groups -OCH3 is 1. The summed E-state index contributed by atoms with van der Waals surface area (Å²) in [6, 6.07) is 0. The highest BCUT2D eigenvalue weighted by atomic mass is 32.2. The van der Waals surface area contributed by atoms with Gasteiger partial charge in [0.2, 0.25) is 0 Å². The molecule has 0 aromatic rings. The summed E-state index contributed by atoms with van der Waals surface area (Å²) in [4.78, 5) is 11.2. The van der Waals surface area contributed by atoms with E-state index in [2.05, 4.69) is 5.32 Å². The molecule has 0 aliphatic carbocycles. The fourth-order valence-electron chi connectivity index (χ4n) is 1.44. The van der Waals surface area contributed by atoms with Gasteiger partial charge in [-0.05, 0) is 38.5 Å². The van der Waals surface area contributed by atoms with Crippen molar-refractivity contribution < 1.29 is 14.6 Å². The first-order valence-electron chi connectivity index (χ1n) is 6.12. The van der Waals surface area contributed by atoms with Crippen LogP contribution in [-0.2, 0) is 9.53 Å². The minimum absolute atomic E-state index is 0.669. The molecule has 2 N–H and O–H groups in total. The van der Waals surface area contributed by atoms with Crippen LogP contribution >= 0.6 is 11.8 Å². The summed E-state index contributed by atoms with van der Waals surface area (Å²) in [5.74, 6) is 1.20. The van der Waals surface area contributed by atoms with Crippen molar-refractivity contribution in [1.29, 1.82) is 0 Å². The maximum atomic E-state index is 11.2. The first kappa shape index (κ1) is 16.7. The van der Waals surface area contributed by atoms with Crippen molar-refractivity contribution in [3.05, 3.63) is 0 Å². The van der Waals surface area contributed by atoms with Crippen LogP contribution in [0, 0.1) is 0 Å². The molecule has 0 aliphatic heterocycles. The van der Waals surface area contributed by atoms with Crippen molar-refractivity contribution in [3.63, 3.8) is 0 Å². The van der Waals surface area contributed by atoms with Gasteiger partial charge in [-0.25, -0.2) is 0 Å². The number of rotatable bonds is 11. The van der Waals surface area contributed by atoms with Gasteiger partial charge >= 0.3 is 5.97 Å². The monoisotopic (exact) mass is 263 g/mol. The van der Waals surface area contributed by atoms with Crippen LogP contribution in [0.2, 0.25) is 0 Å². The molecule has 0 spiro atoms. The van der Waals surface area contributed by atoms with E-state index in [1.54, 1.807) is 14.0 Å². The zero-order valence-electron chi connectivity index (χ0n) is 11.1. The van der Waals surface area contributed by atoms with Crippen molar-refractivity contribution in [2.75, 3.05) is 31.8 Å². The second-order valence-corrected chi connectivity index (χ2v) is 5.50. The molecule has 0 aromatic carbocycles. The van der Waals surface area contributed by atoms with E-state index in [4.69, 9.17) is 4.74 Å². The van der Waals surface area contributed by atoms with Crippen LogP contribution in [0.3, 0.4) is 0 Å². The normalized spacial score (nSPS) is 14.5. The van der Waals surface area contributed by atoms with E-state index >= 15 is 0 Å². The van der Waals surface area contributed by atoms with Crippen LogP contribution in [0.25, 0.3) is 0 Å². The zero-order valence-corrected chi connectivity index (χ0v) is 11.9. The molecule has 0 saturated carbocycles. The molecule has 17 heavy (non-hydrogen) atoms. The molecular weight excluding hydrogens is 238 g/mol. The molecule has 0 saturated heterocycles. The molecule has 0 amide bonds. The highest BCUT2D eigenvalue weighted by molar-refractivity contribution is 7.99. The van der Waals surface area contributed by atoms with E-state index < -0.39 is 11.5 Å². The first-order valence-corrected chi connectivity index (χ1v) is 7.27. The largest absolute Gasteiger partial charge is 0.480 e. The second kappa shape index (κ2) is 9.74. The van der Waals surface area contributed by atoms with Crippen molar-refractivity contribution in [1.82, 2.24) is 5.32 Å². The van der Waals surface area contributed by atoms with Crippen LogP contribution in [0.1, 0.15) is 33.1 Å². The van der Waals surface area contributed by atoms with Gasteiger partial charge in [-0.2, -0.15) is 11.8 Å². The molecule has 0 aromatic heterocycles. The smallest absolute Gasteiger partial charge is 0.323 e. The number of thioether (sulfide) groups is 1. The zero-order chi connectivity index (χ0) is 13.1. The molecule has 0 aliphatic rings. The number of aliphatic carboxylic acids is 1. The van der Waals surface area contributed by atoms with Gasteiger partial charge < -0.3 is 15.2 Å². The summed E-state index contributed by atoms with van der Waals surface area (Å²) < 4.78 is 4.95. The summed E-state index contributed by atoms with van der Waals surface area (Å²) in [6.45, 7) is 5.31. The minimum Gasteiger partial charge on any atom is -0.480 e. The summed E-state index contributed by atoms with van der Waals surface area (Å²) >= 11 is 1.81. The minimum atomic E-state index is -0.780. The topological polar surface area (TPSA) is 58.6 Å². The van der Waals surface area contributed by atoms with Gasteiger partial charge in [-0.3, -0.25) is 4.79 Å². The van der Waals surface area contributed by atoms with E-state index in [1.165, 1.54) is 0 Å². The third-order valence-corrected chi connectivity index (χ3v) is 3.67. The Morgan fingerprint density at radius 1 is 1.47 bits per heavy atom. The molecule has 0 bridgehead atoms. The van der Waals surface area contributed by atoms with E-state index in [0.717, 1.165) is 37.5 Å². The van der Waals surface area contributed by atoms with Crippen molar-refractivity contribution in [2.24, 2.45) is 0 Å². The average Bonchev–Trinajstić information content (AvgIpc) is 2.31. The molecule has 5 heteroatoms. The fraction of sp³-hybridized carbons (Fsp3) is 0.917. The number of hydrogen-bond acceptors (Lipinski definition) is 4. The van der Waals surface area contributed by atoms with Gasteiger partial charge in [0.25, 0.3) is 0 Å². The molecule has 0 radical (unpaired) electrons. The lowest BCUT2D eigenvalue weighted by Gasteiger charge is -2.26. The molecule has 1 atom stereocenters. The van der Waals surface area contributed by atoms with Crippen LogP contribution in [0.15, 0.2) is 0 Å². The number of hydrogen-bond donors (Lipinski definition) is 2. The lowest BCUT2D eigenvalue weighted by atomic mass is 9.96. The maximum absolute atomic E-state index is 11.2. The Balaban J connectivity index is 3.81. The molecule has 0 heterocycles. The average molecular weight is 263 g/mol. The van der Waals surface area contributed by atoms with E-state index in [-0.39, 0.29) is 0 Å². The first-order chi connectivity index (χ1) is 8.06. The molecule has 1 unspecified atom stereocenters. The number of carbonyl (C=O) groups is 1. The van der Waals surface area contributed by atoms with Gasteiger partial charge in [0.05, 0.1) is 6.61 Å². The van der Waals surface area contributed by atoms with Gasteiger partial charge in [0.15, 0.2) is 0 Å². The van der Waals surface area contributed by atoms with Gasteiger partial charge in [0, 0.05) is 12.9 Å². The Hall–Kier alpha value is -0.260. The standard InChI is InChI=1S/C12H25NO3S/c1-4-7-13-12(2,11(14)15)6-5-9-17-10-8-16-3/h13H,4-10H2,1-3H3,(H,14,15). The predicted octanol–water partition coefficient (Wildman–Crippen LogP) is 1.99. The Morgan fingerprint density at radius 3 is 2.71 bits per heavy atom. The number of ether oxygens (including phenoxy) is 1. The van der Waals surface area contributed by atoms with E-state index in [0.29, 0.717) is 6.42 Å². The Bertz CT molecular complexity index is 214. The summed E-state index contributed by atoms with van der Waals surface area (Å²) in [5.41, 5.74) is -0.780. The molecular formula is C12H25NO3S. The third kappa shape index (κ3) is 7.63. The van der Waals surface area contributed by atoms with Gasteiger partial charge in [0.1, 0.15) is 5.54 Å². The van der Waals surface area contributed by atoms with E-state index in [1.807, 2.05) is 18.7 Å². The van der Waals surface area contributed by atoms with Crippen molar-refractivity contribution >= 4 is 17.7 Å².